The summed E-state index contributed by atoms with van der Waals surface area (Å²) in [5.41, 5.74) is 2.29. The predicted octanol–water partition coefficient (Wildman–Crippen LogP) is 1.88. The molecule has 0 saturated heterocycles. The van der Waals surface area contributed by atoms with Crippen molar-refractivity contribution in [2.24, 2.45) is 0 Å². The molecule has 0 aliphatic carbocycles. The first-order valence-electron chi connectivity index (χ1n) is 5.12. The number of ketones is 1. The number of aryl methyl sites for hydroxylation is 1. The molecular weight excluding hydrogens is 186 g/mol. The van der Waals surface area contributed by atoms with E-state index < -0.39 is 0 Å². The van der Waals surface area contributed by atoms with E-state index in [1.54, 1.807) is 6.08 Å². The molecule has 0 heterocycles. The third-order valence-electron chi connectivity index (χ3n) is 2.26. The van der Waals surface area contributed by atoms with Crippen molar-refractivity contribution in [3.63, 3.8) is 0 Å². The van der Waals surface area contributed by atoms with E-state index >= 15 is 0 Å². The molecule has 0 unspecified atom stereocenters. The van der Waals surface area contributed by atoms with Crippen LogP contribution in [0.3, 0.4) is 0 Å². The van der Waals surface area contributed by atoms with E-state index in [-0.39, 0.29) is 5.78 Å². The first-order chi connectivity index (χ1) is 7.24. The van der Waals surface area contributed by atoms with E-state index in [1.807, 2.05) is 31.2 Å². The summed E-state index contributed by atoms with van der Waals surface area (Å²) in [4.78, 5) is 11.5. The van der Waals surface area contributed by atoms with Crippen molar-refractivity contribution in [1.29, 1.82) is 0 Å². The highest BCUT2D eigenvalue weighted by Crippen LogP contribution is 2.07. The third kappa shape index (κ3) is 4.09. The van der Waals surface area contributed by atoms with Crippen molar-refractivity contribution in [3.8, 4) is 0 Å². The van der Waals surface area contributed by atoms with Gasteiger partial charge in [-0.25, -0.2) is 0 Å². The number of hydrogen-bond acceptors (Lipinski definition) is 2. The molecule has 1 N–H and O–H groups in total. The number of Topliss-reactive ketones (excluding diaryl/α,β-unsaturated/α-hetero) is 1. The minimum Gasteiger partial charge on any atom is -0.307 e. The lowest BCUT2D eigenvalue weighted by atomic mass is 10.0. The minimum absolute atomic E-state index is 0.214. The molecule has 1 aromatic carbocycles. The van der Waals surface area contributed by atoms with Crippen molar-refractivity contribution in [3.05, 3.63) is 48.0 Å². The molecule has 15 heavy (non-hydrogen) atoms. The number of carbonyl (C=O) groups is 1. The third-order valence-corrected chi connectivity index (χ3v) is 2.26. The molecule has 0 bridgehead atoms. The first kappa shape index (κ1) is 11.7. The fourth-order valence-corrected chi connectivity index (χ4v) is 1.40. The minimum atomic E-state index is 0.214. The van der Waals surface area contributed by atoms with Crippen molar-refractivity contribution in [1.82, 2.24) is 5.32 Å². The second kappa shape index (κ2) is 6.14. The lowest BCUT2D eigenvalue weighted by Crippen LogP contribution is -2.24. The van der Waals surface area contributed by atoms with Crippen LogP contribution in [0.2, 0.25) is 0 Å². The zero-order chi connectivity index (χ0) is 11.1. The van der Waals surface area contributed by atoms with Crippen LogP contribution < -0.4 is 5.32 Å². The molecule has 0 aliphatic rings. The molecule has 2 heteroatoms. The quantitative estimate of drug-likeness (QED) is 0.565. The summed E-state index contributed by atoms with van der Waals surface area (Å²) in [6.07, 6.45) is 2.26. The van der Waals surface area contributed by atoms with E-state index in [1.165, 1.54) is 5.56 Å². The van der Waals surface area contributed by atoms with Crippen molar-refractivity contribution >= 4 is 5.78 Å². The van der Waals surface area contributed by atoms with Gasteiger partial charge in [0.05, 0.1) is 6.54 Å². The molecule has 0 spiro atoms. The van der Waals surface area contributed by atoms with E-state index in [4.69, 9.17) is 0 Å². The maximum Gasteiger partial charge on any atom is 0.150 e. The van der Waals surface area contributed by atoms with Crippen LogP contribution in [0.5, 0.6) is 0 Å². The van der Waals surface area contributed by atoms with Crippen LogP contribution in [0.25, 0.3) is 0 Å². The van der Waals surface area contributed by atoms with E-state index in [0.29, 0.717) is 19.5 Å². The zero-order valence-corrected chi connectivity index (χ0v) is 9.12. The first-order valence-corrected chi connectivity index (χ1v) is 5.12. The van der Waals surface area contributed by atoms with Gasteiger partial charge in [-0.05, 0) is 18.1 Å². The van der Waals surface area contributed by atoms with Crippen LogP contribution in [-0.2, 0) is 11.2 Å². The van der Waals surface area contributed by atoms with Crippen molar-refractivity contribution in [2.45, 2.75) is 13.3 Å². The Morgan fingerprint density at radius 3 is 2.87 bits per heavy atom. The summed E-state index contributed by atoms with van der Waals surface area (Å²) < 4.78 is 0. The Hall–Kier alpha value is -1.41. The molecular formula is C13H17NO. The Labute approximate surface area is 91.0 Å². The van der Waals surface area contributed by atoms with Gasteiger partial charge in [-0.3, -0.25) is 4.79 Å². The number of carbonyl (C=O) groups excluding carboxylic acids is 1. The average Bonchev–Trinajstić information content (AvgIpc) is 2.22. The molecule has 0 saturated carbocycles. The molecule has 0 radical (unpaired) electrons. The summed E-state index contributed by atoms with van der Waals surface area (Å²) in [5.74, 6) is 0.214. The molecule has 2 nitrogen and oxygen atoms in total. The summed E-state index contributed by atoms with van der Waals surface area (Å²) in [6.45, 7) is 6.71. The lowest BCUT2D eigenvalue weighted by molar-refractivity contribution is -0.117. The van der Waals surface area contributed by atoms with Gasteiger partial charge in [-0.2, -0.15) is 0 Å². The van der Waals surface area contributed by atoms with Gasteiger partial charge in [0.1, 0.15) is 0 Å². The van der Waals surface area contributed by atoms with Crippen molar-refractivity contribution in [2.75, 3.05) is 13.1 Å². The van der Waals surface area contributed by atoms with Gasteiger partial charge in [-0.1, -0.05) is 30.3 Å². The molecule has 0 atom stereocenters. The van der Waals surface area contributed by atoms with Crippen LogP contribution in [0, 0.1) is 6.92 Å². The second-order valence-corrected chi connectivity index (χ2v) is 3.56. The lowest BCUT2D eigenvalue weighted by Gasteiger charge is -2.04. The second-order valence-electron chi connectivity index (χ2n) is 3.56. The number of nitrogens with one attached hydrogen (secondary N) is 1. The Morgan fingerprint density at radius 1 is 1.47 bits per heavy atom. The highest BCUT2D eigenvalue weighted by molar-refractivity contribution is 5.83. The predicted molar refractivity (Wildman–Crippen MR) is 63.0 cm³/mol. The largest absolute Gasteiger partial charge is 0.307 e. The van der Waals surface area contributed by atoms with Gasteiger partial charge in [0.2, 0.25) is 0 Å². The van der Waals surface area contributed by atoms with Gasteiger partial charge in [-0.15, -0.1) is 6.58 Å². The zero-order valence-electron chi connectivity index (χ0n) is 9.12. The van der Waals surface area contributed by atoms with Crippen LogP contribution in [0.15, 0.2) is 36.9 Å². The van der Waals surface area contributed by atoms with E-state index in [2.05, 4.69) is 11.9 Å². The average molecular weight is 203 g/mol. The van der Waals surface area contributed by atoms with Gasteiger partial charge in [0, 0.05) is 13.0 Å². The number of hydrogen-bond donors (Lipinski definition) is 1. The fourth-order valence-electron chi connectivity index (χ4n) is 1.40. The fraction of sp³-hybridized carbons (Fsp3) is 0.308. The van der Waals surface area contributed by atoms with Crippen molar-refractivity contribution < 1.29 is 4.79 Å². The molecule has 0 aromatic heterocycles. The molecule has 1 rings (SSSR count). The van der Waals surface area contributed by atoms with Gasteiger partial charge < -0.3 is 5.32 Å². The SMILES string of the molecule is C=CCNCC(=O)Cc1ccccc1C. The number of rotatable bonds is 6. The van der Waals surface area contributed by atoms with Crippen LogP contribution in [-0.4, -0.2) is 18.9 Å². The van der Waals surface area contributed by atoms with Gasteiger partial charge >= 0.3 is 0 Å². The molecule has 0 amide bonds. The topological polar surface area (TPSA) is 29.1 Å². The van der Waals surface area contributed by atoms with Crippen LogP contribution in [0.1, 0.15) is 11.1 Å². The summed E-state index contributed by atoms with van der Waals surface area (Å²) in [7, 11) is 0. The maximum atomic E-state index is 11.5. The van der Waals surface area contributed by atoms with E-state index in [9.17, 15) is 4.79 Å². The smallest absolute Gasteiger partial charge is 0.150 e. The van der Waals surface area contributed by atoms with Gasteiger partial charge in [0.15, 0.2) is 5.78 Å². The molecule has 1 aromatic rings. The Kier molecular flexibility index (Phi) is 4.78. The summed E-state index contributed by atoms with van der Waals surface area (Å²) in [5, 5.41) is 3.01. The van der Waals surface area contributed by atoms with Crippen LogP contribution in [0.4, 0.5) is 0 Å². The van der Waals surface area contributed by atoms with E-state index in [0.717, 1.165) is 5.56 Å². The van der Waals surface area contributed by atoms with Crippen LogP contribution >= 0.6 is 0 Å². The Bertz CT molecular complexity index is 344. The number of benzene rings is 1. The summed E-state index contributed by atoms with van der Waals surface area (Å²) in [6, 6.07) is 7.98. The normalized spacial score (nSPS) is 9.93. The molecule has 80 valence electrons. The standard InChI is InChI=1S/C13H17NO/c1-3-8-14-10-13(15)9-12-7-5-4-6-11(12)2/h3-7,14H,1,8-10H2,2H3. The molecule has 0 aliphatic heterocycles. The molecule has 0 fully saturated rings. The maximum absolute atomic E-state index is 11.5. The highest BCUT2D eigenvalue weighted by Gasteiger charge is 2.04. The monoisotopic (exact) mass is 203 g/mol. The van der Waals surface area contributed by atoms with Gasteiger partial charge in [0.25, 0.3) is 0 Å². The highest BCUT2D eigenvalue weighted by atomic mass is 16.1. The Balaban J connectivity index is 2.44. The summed E-state index contributed by atoms with van der Waals surface area (Å²) >= 11 is 0. The Morgan fingerprint density at radius 2 is 2.20 bits per heavy atom.